The molecule has 1 aliphatic rings. The fourth-order valence-corrected chi connectivity index (χ4v) is 5.29. The van der Waals surface area contributed by atoms with Crippen molar-refractivity contribution >= 4 is 11.8 Å². The van der Waals surface area contributed by atoms with Crippen LogP contribution in [-0.4, -0.2) is 56.1 Å². The molecule has 8 nitrogen and oxygen atoms in total. The predicted molar refractivity (Wildman–Crippen MR) is 151 cm³/mol. The summed E-state index contributed by atoms with van der Waals surface area (Å²) in [7, 11) is 1.67. The lowest BCUT2D eigenvalue weighted by molar-refractivity contribution is -0.132. The first kappa shape index (κ1) is 32.1. The monoisotopic (exact) mass is 533 g/mol. The highest BCUT2D eigenvalue weighted by atomic mass is 16.5. The van der Waals surface area contributed by atoms with Crippen molar-refractivity contribution in [2.75, 3.05) is 26.9 Å². The van der Waals surface area contributed by atoms with Crippen molar-refractivity contribution in [1.82, 2.24) is 10.6 Å². The van der Waals surface area contributed by atoms with Crippen LogP contribution in [0.15, 0.2) is 24.3 Å². The van der Waals surface area contributed by atoms with Crippen LogP contribution in [0.2, 0.25) is 0 Å². The largest absolute Gasteiger partial charge is 0.493 e. The van der Waals surface area contributed by atoms with E-state index in [0.29, 0.717) is 49.8 Å². The smallest absolute Gasteiger partial charge is 0.257 e. The van der Waals surface area contributed by atoms with E-state index < -0.39 is 6.23 Å². The van der Waals surface area contributed by atoms with E-state index in [1.165, 1.54) is 12.8 Å². The zero-order valence-electron chi connectivity index (χ0n) is 24.1. The van der Waals surface area contributed by atoms with Crippen molar-refractivity contribution in [3.8, 4) is 5.75 Å². The number of para-hydroxylation sites is 1. The number of aliphatic hydroxyl groups excluding tert-OH is 1. The minimum absolute atomic E-state index is 0.0869. The van der Waals surface area contributed by atoms with Crippen LogP contribution < -0.4 is 21.1 Å². The molecule has 1 saturated carbocycles. The number of benzene rings is 1. The van der Waals surface area contributed by atoms with Gasteiger partial charge >= 0.3 is 0 Å². The first-order valence-corrected chi connectivity index (χ1v) is 14.3. The molecule has 2 rings (SSSR count). The lowest BCUT2D eigenvalue weighted by Crippen LogP contribution is -2.45. The lowest BCUT2D eigenvalue weighted by atomic mass is 9.77. The van der Waals surface area contributed by atoms with Gasteiger partial charge in [0, 0.05) is 37.6 Å². The Bertz CT molecular complexity index is 854. The van der Waals surface area contributed by atoms with Crippen molar-refractivity contribution in [3.63, 3.8) is 0 Å². The van der Waals surface area contributed by atoms with Gasteiger partial charge in [0.2, 0.25) is 5.91 Å². The van der Waals surface area contributed by atoms with E-state index in [2.05, 4.69) is 10.6 Å². The molecule has 38 heavy (non-hydrogen) atoms. The van der Waals surface area contributed by atoms with Gasteiger partial charge in [-0.1, -0.05) is 52.7 Å². The topological polar surface area (TPSA) is 123 Å². The third kappa shape index (κ3) is 9.86. The number of nitrogens with two attached hydrogens (primary N) is 1. The van der Waals surface area contributed by atoms with Gasteiger partial charge in [0.05, 0.1) is 12.2 Å². The highest BCUT2D eigenvalue weighted by Crippen LogP contribution is 2.39. The Morgan fingerprint density at radius 1 is 1.13 bits per heavy atom. The van der Waals surface area contributed by atoms with Crippen LogP contribution in [0.25, 0.3) is 0 Å². The Kier molecular flexibility index (Phi) is 13.5. The average molecular weight is 534 g/mol. The zero-order chi connectivity index (χ0) is 28.1. The van der Waals surface area contributed by atoms with Crippen LogP contribution >= 0.6 is 0 Å². The summed E-state index contributed by atoms with van der Waals surface area (Å²) in [6.07, 6.45) is 6.41. The Morgan fingerprint density at radius 3 is 2.45 bits per heavy atom. The molecule has 1 aliphatic carbocycles. The molecular formula is C30H51N3O5. The Morgan fingerprint density at radius 2 is 1.79 bits per heavy atom. The van der Waals surface area contributed by atoms with Crippen molar-refractivity contribution in [3.05, 3.63) is 29.8 Å². The molecule has 0 spiro atoms. The van der Waals surface area contributed by atoms with Crippen LogP contribution in [0, 0.1) is 23.2 Å². The highest BCUT2D eigenvalue weighted by molar-refractivity contribution is 5.97. The van der Waals surface area contributed by atoms with E-state index in [4.69, 9.17) is 15.2 Å². The Hall–Kier alpha value is -2.16. The van der Waals surface area contributed by atoms with Gasteiger partial charge in [0.15, 0.2) is 0 Å². The SMILES string of the molecule is COCCCCOc1ccccc1C(=O)NC(O)[C@@H](C[C@H](N)CCNC(=O)C(C)(C)C1CCCC1)C(C)C. The number of nitrogens with one attached hydrogen (secondary N) is 2. The number of carbonyl (C=O) groups is 2. The van der Waals surface area contributed by atoms with Gasteiger partial charge in [-0.05, 0) is 62.5 Å². The van der Waals surface area contributed by atoms with E-state index in [1.54, 1.807) is 25.3 Å². The van der Waals surface area contributed by atoms with E-state index >= 15 is 0 Å². The molecule has 1 aromatic rings. The molecule has 0 radical (unpaired) electrons. The van der Waals surface area contributed by atoms with Gasteiger partial charge in [-0.25, -0.2) is 0 Å². The fourth-order valence-electron chi connectivity index (χ4n) is 5.29. The lowest BCUT2D eigenvalue weighted by Gasteiger charge is -2.31. The van der Waals surface area contributed by atoms with Crippen LogP contribution in [-0.2, 0) is 9.53 Å². The number of hydrogen-bond acceptors (Lipinski definition) is 6. The van der Waals surface area contributed by atoms with Crippen LogP contribution in [0.5, 0.6) is 5.75 Å². The number of ether oxygens (including phenoxy) is 2. The number of unbranched alkanes of at least 4 members (excludes halogenated alkanes) is 1. The van der Waals surface area contributed by atoms with Crippen molar-refractivity contribution in [2.24, 2.45) is 28.9 Å². The third-order valence-electron chi connectivity index (χ3n) is 8.01. The summed E-state index contributed by atoms with van der Waals surface area (Å²) in [6, 6.07) is 6.83. The standard InChI is InChI=1S/C30H51N3O5/c1-21(2)25(20-23(31)16-17-32-29(36)30(3,4)22-12-6-7-13-22)28(35)33-27(34)24-14-8-9-15-26(24)38-19-11-10-18-37-5/h8-9,14-15,21-23,25,28,35H,6-7,10-13,16-20,31H2,1-5H3,(H,32,36)(H,33,34)/t23-,25+,28?/m1/s1. The second kappa shape index (κ2) is 16.1. The molecule has 0 aromatic heterocycles. The van der Waals surface area contributed by atoms with Gasteiger partial charge in [-0.3, -0.25) is 9.59 Å². The maximum absolute atomic E-state index is 13.0. The summed E-state index contributed by atoms with van der Waals surface area (Å²) in [5.41, 5.74) is 6.44. The van der Waals surface area contributed by atoms with Gasteiger partial charge in [0.25, 0.3) is 5.91 Å². The Labute approximate surface area is 229 Å². The van der Waals surface area contributed by atoms with Crippen LogP contribution in [0.1, 0.15) is 89.4 Å². The van der Waals surface area contributed by atoms with E-state index in [0.717, 1.165) is 25.7 Å². The average Bonchev–Trinajstić information content (AvgIpc) is 3.43. The highest BCUT2D eigenvalue weighted by Gasteiger charge is 2.38. The third-order valence-corrected chi connectivity index (χ3v) is 8.01. The van der Waals surface area contributed by atoms with E-state index in [9.17, 15) is 14.7 Å². The van der Waals surface area contributed by atoms with Gasteiger partial charge < -0.3 is 30.9 Å². The second-order valence-electron chi connectivity index (χ2n) is 11.6. The van der Waals surface area contributed by atoms with E-state index in [-0.39, 0.29) is 35.1 Å². The minimum atomic E-state index is -1.06. The van der Waals surface area contributed by atoms with Gasteiger partial charge in [-0.15, -0.1) is 0 Å². The molecule has 0 saturated heterocycles. The molecule has 8 heteroatoms. The molecule has 3 atom stereocenters. The summed E-state index contributed by atoms with van der Waals surface area (Å²) < 4.78 is 10.9. The van der Waals surface area contributed by atoms with E-state index in [1.807, 2.05) is 33.8 Å². The summed E-state index contributed by atoms with van der Waals surface area (Å²) >= 11 is 0. The summed E-state index contributed by atoms with van der Waals surface area (Å²) in [5.74, 6) is 0.492. The maximum atomic E-state index is 13.0. The first-order chi connectivity index (χ1) is 18.1. The molecule has 5 N–H and O–H groups in total. The molecule has 1 unspecified atom stereocenters. The number of aliphatic hydroxyl groups is 1. The van der Waals surface area contributed by atoms with Crippen molar-refractivity contribution in [1.29, 1.82) is 0 Å². The second-order valence-corrected chi connectivity index (χ2v) is 11.6. The minimum Gasteiger partial charge on any atom is -0.493 e. The number of rotatable bonds is 17. The van der Waals surface area contributed by atoms with Crippen LogP contribution in [0.4, 0.5) is 0 Å². The van der Waals surface area contributed by atoms with Crippen molar-refractivity contribution < 1.29 is 24.2 Å². The number of amides is 2. The number of carbonyl (C=O) groups excluding carboxylic acids is 2. The molecular weight excluding hydrogens is 482 g/mol. The molecule has 1 aromatic carbocycles. The normalized spacial score (nSPS) is 16.7. The zero-order valence-corrected chi connectivity index (χ0v) is 24.1. The molecule has 0 bridgehead atoms. The molecule has 0 aliphatic heterocycles. The van der Waals surface area contributed by atoms with Gasteiger partial charge in [-0.2, -0.15) is 0 Å². The molecule has 216 valence electrons. The molecule has 2 amide bonds. The summed E-state index contributed by atoms with van der Waals surface area (Å²) in [5, 5.41) is 16.8. The van der Waals surface area contributed by atoms with Crippen LogP contribution in [0.3, 0.4) is 0 Å². The first-order valence-electron chi connectivity index (χ1n) is 14.3. The Balaban J connectivity index is 1.86. The van der Waals surface area contributed by atoms with Gasteiger partial charge in [0.1, 0.15) is 12.0 Å². The molecule has 0 heterocycles. The summed E-state index contributed by atoms with van der Waals surface area (Å²) in [6.45, 7) is 9.74. The fraction of sp³-hybridized carbons (Fsp3) is 0.733. The number of methoxy groups -OCH3 is 1. The maximum Gasteiger partial charge on any atom is 0.257 e. The predicted octanol–water partition coefficient (Wildman–Crippen LogP) is 4.25. The molecule has 1 fully saturated rings. The number of hydrogen-bond donors (Lipinski definition) is 4. The summed E-state index contributed by atoms with van der Waals surface area (Å²) in [4.78, 5) is 25.8. The quantitative estimate of drug-likeness (QED) is 0.175. The van der Waals surface area contributed by atoms with Crippen molar-refractivity contribution in [2.45, 2.75) is 91.3 Å².